The molecule has 1 aliphatic carbocycles. The molecule has 2 aliphatic rings. The Balaban J connectivity index is 1.68. The largest absolute Gasteiger partial charge is 0.360 e. The maximum absolute atomic E-state index is 12.6. The fourth-order valence-electron chi connectivity index (χ4n) is 2.67. The van der Waals surface area contributed by atoms with Gasteiger partial charge in [-0.05, 0) is 38.0 Å². The average Bonchev–Trinajstić information content (AvgIpc) is 3.24. The third-order valence-corrected chi connectivity index (χ3v) is 5.83. The molecule has 2 amide bonds. The van der Waals surface area contributed by atoms with E-state index in [2.05, 4.69) is 10.5 Å². The Morgan fingerprint density at radius 2 is 2.08 bits per heavy atom. The van der Waals surface area contributed by atoms with Gasteiger partial charge in [0.25, 0.3) is 21.8 Å². The van der Waals surface area contributed by atoms with Crippen molar-refractivity contribution in [2.24, 2.45) is 0 Å². The summed E-state index contributed by atoms with van der Waals surface area (Å²) in [5.41, 5.74) is 0.235. The number of hydrogen-bond donors (Lipinski definition) is 1. The van der Waals surface area contributed by atoms with Crippen molar-refractivity contribution in [1.82, 2.24) is 9.46 Å². The van der Waals surface area contributed by atoms with Crippen LogP contribution in [0.4, 0.5) is 5.82 Å². The fraction of sp³-hybridized carbons (Fsp3) is 0.267. The van der Waals surface area contributed by atoms with Crippen LogP contribution in [0.3, 0.4) is 0 Å². The maximum Gasteiger partial charge on any atom is 0.269 e. The molecule has 1 aromatic heterocycles. The summed E-state index contributed by atoms with van der Waals surface area (Å²) in [4.78, 5) is 24.4. The van der Waals surface area contributed by atoms with Crippen LogP contribution in [0.5, 0.6) is 0 Å². The van der Waals surface area contributed by atoms with Crippen LogP contribution in [0.2, 0.25) is 0 Å². The summed E-state index contributed by atoms with van der Waals surface area (Å²) in [5, 5.41) is 6.17. The molecule has 24 heavy (non-hydrogen) atoms. The van der Waals surface area contributed by atoms with Crippen molar-refractivity contribution in [2.45, 2.75) is 30.7 Å². The number of benzene rings is 1. The molecule has 1 aliphatic heterocycles. The number of nitrogens with one attached hydrogen (secondary N) is 1. The number of fused-ring (bicyclic) bond motifs is 1. The minimum atomic E-state index is -3.89. The number of aryl methyl sites for hydroxylation is 1. The minimum Gasteiger partial charge on any atom is -0.360 e. The van der Waals surface area contributed by atoms with Crippen LogP contribution in [0.1, 0.15) is 39.3 Å². The second-order valence-electron chi connectivity index (χ2n) is 5.83. The van der Waals surface area contributed by atoms with Crippen molar-refractivity contribution in [3.8, 4) is 0 Å². The number of amides is 2. The molecule has 124 valence electrons. The van der Waals surface area contributed by atoms with E-state index in [1.807, 2.05) is 0 Å². The lowest BCUT2D eigenvalue weighted by Crippen LogP contribution is -2.31. The van der Waals surface area contributed by atoms with E-state index < -0.39 is 21.8 Å². The summed E-state index contributed by atoms with van der Waals surface area (Å²) < 4.78 is 30.9. The Bertz CT molecular complexity index is 975. The van der Waals surface area contributed by atoms with Crippen molar-refractivity contribution in [1.29, 1.82) is 0 Å². The quantitative estimate of drug-likeness (QED) is 0.902. The third kappa shape index (κ3) is 2.20. The van der Waals surface area contributed by atoms with Crippen molar-refractivity contribution >= 4 is 27.7 Å². The number of sulfonamides is 1. The van der Waals surface area contributed by atoms with Gasteiger partial charge in [0.05, 0.1) is 5.56 Å². The molecule has 0 spiro atoms. The minimum absolute atomic E-state index is 0.107. The molecule has 0 saturated heterocycles. The van der Waals surface area contributed by atoms with Gasteiger partial charge in [-0.15, -0.1) is 0 Å². The van der Waals surface area contributed by atoms with Gasteiger partial charge in [-0.2, -0.15) is 0 Å². The second-order valence-corrected chi connectivity index (χ2v) is 7.61. The molecule has 4 rings (SSSR count). The van der Waals surface area contributed by atoms with Gasteiger partial charge in [0, 0.05) is 17.7 Å². The van der Waals surface area contributed by atoms with E-state index in [1.54, 1.807) is 13.0 Å². The zero-order valence-electron chi connectivity index (χ0n) is 12.6. The van der Waals surface area contributed by atoms with Gasteiger partial charge in [-0.25, -0.2) is 12.7 Å². The molecule has 0 unspecified atom stereocenters. The molecular formula is C15H13N3O5S. The van der Waals surface area contributed by atoms with Gasteiger partial charge in [-0.3, -0.25) is 9.59 Å². The van der Waals surface area contributed by atoms with Gasteiger partial charge in [0.15, 0.2) is 5.82 Å². The van der Waals surface area contributed by atoms with Crippen molar-refractivity contribution < 1.29 is 22.5 Å². The summed E-state index contributed by atoms with van der Waals surface area (Å²) in [7, 11) is -3.89. The standard InChI is InChI=1S/C15H13N3O5S/c1-8-6-13(17-23-8)16-14(19)9-2-5-11-12(7-9)24(21,22)18(15(11)20)10-3-4-10/h2,5-7,10H,3-4H2,1H3,(H,16,17,19). The molecule has 9 heteroatoms. The van der Waals surface area contributed by atoms with Gasteiger partial charge in [0.2, 0.25) is 0 Å². The number of anilines is 1. The average molecular weight is 347 g/mol. The summed E-state index contributed by atoms with van der Waals surface area (Å²) in [6.07, 6.45) is 1.36. The molecule has 1 aromatic carbocycles. The lowest BCUT2D eigenvalue weighted by atomic mass is 10.1. The molecule has 0 bridgehead atoms. The Kier molecular flexibility index (Phi) is 3.04. The lowest BCUT2D eigenvalue weighted by molar-refractivity contribution is 0.0864. The van der Waals surface area contributed by atoms with E-state index in [0.717, 1.165) is 4.31 Å². The van der Waals surface area contributed by atoms with Crippen molar-refractivity contribution in [3.63, 3.8) is 0 Å². The molecule has 0 radical (unpaired) electrons. The van der Waals surface area contributed by atoms with Crippen LogP contribution in [0.25, 0.3) is 0 Å². The number of carbonyl (C=O) groups is 2. The number of rotatable bonds is 3. The predicted molar refractivity (Wildman–Crippen MR) is 82.0 cm³/mol. The van der Waals surface area contributed by atoms with Crippen LogP contribution in [0, 0.1) is 6.92 Å². The first-order chi connectivity index (χ1) is 11.4. The van der Waals surface area contributed by atoms with Gasteiger partial charge in [0.1, 0.15) is 10.7 Å². The van der Waals surface area contributed by atoms with Crippen LogP contribution < -0.4 is 5.32 Å². The first-order valence-electron chi connectivity index (χ1n) is 7.35. The first kappa shape index (κ1) is 14.9. The number of carbonyl (C=O) groups excluding carboxylic acids is 2. The summed E-state index contributed by atoms with van der Waals surface area (Å²) in [6.45, 7) is 1.68. The van der Waals surface area contributed by atoms with E-state index in [4.69, 9.17) is 4.52 Å². The highest BCUT2D eigenvalue weighted by molar-refractivity contribution is 7.90. The van der Waals surface area contributed by atoms with Crippen LogP contribution >= 0.6 is 0 Å². The highest BCUT2D eigenvalue weighted by atomic mass is 32.2. The molecular weight excluding hydrogens is 334 g/mol. The van der Waals surface area contributed by atoms with Crippen LogP contribution in [0.15, 0.2) is 33.7 Å². The van der Waals surface area contributed by atoms with Crippen molar-refractivity contribution in [3.05, 3.63) is 41.2 Å². The van der Waals surface area contributed by atoms with Crippen LogP contribution in [-0.4, -0.2) is 35.7 Å². The zero-order chi connectivity index (χ0) is 17.1. The fourth-order valence-corrected chi connectivity index (χ4v) is 4.51. The van der Waals surface area contributed by atoms with E-state index in [1.165, 1.54) is 18.2 Å². The second kappa shape index (κ2) is 4.91. The molecule has 0 atom stereocenters. The van der Waals surface area contributed by atoms with E-state index in [9.17, 15) is 18.0 Å². The molecule has 8 nitrogen and oxygen atoms in total. The van der Waals surface area contributed by atoms with E-state index >= 15 is 0 Å². The third-order valence-electron chi connectivity index (χ3n) is 3.96. The normalized spacial score (nSPS) is 18.5. The Morgan fingerprint density at radius 3 is 2.71 bits per heavy atom. The zero-order valence-corrected chi connectivity index (χ0v) is 13.5. The van der Waals surface area contributed by atoms with Crippen LogP contribution in [-0.2, 0) is 10.0 Å². The van der Waals surface area contributed by atoms with Gasteiger partial charge >= 0.3 is 0 Å². The number of aromatic nitrogens is 1. The Morgan fingerprint density at radius 1 is 1.33 bits per heavy atom. The summed E-state index contributed by atoms with van der Waals surface area (Å²) in [6, 6.07) is 5.31. The maximum atomic E-state index is 12.6. The van der Waals surface area contributed by atoms with Gasteiger partial charge < -0.3 is 9.84 Å². The smallest absolute Gasteiger partial charge is 0.269 e. The molecule has 2 aromatic rings. The summed E-state index contributed by atoms with van der Waals surface area (Å²) >= 11 is 0. The number of nitrogens with zero attached hydrogens (tertiary/aromatic N) is 2. The molecule has 2 heterocycles. The van der Waals surface area contributed by atoms with E-state index in [0.29, 0.717) is 18.6 Å². The van der Waals surface area contributed by atoms with Gasteiger partial charge in [-0.1, -0.05) is 5.16 Å². The molecule has 1 saturated carbocycles. The number of hydrogen-bond acceptors (Lipinski definition) is 6. The Labute approximate surface area is 137 Å². The Hall–Kier alpha value is -2.68. The topological polar surface area (TPSA) is 110 Å². The summed E-state index contributed by atoms with van der Waals surface area (Å²) in [5.74, 6) is -0.283. The van der Waals surface area contributed by atoms with E-state index in [-0.39, 0.29) is 27.9 Å². The highest BCUT2D eigenvalue weighted by Crippen LogP contribution is 2.39. The highest BCUT2D eigenvalue weighted by Gasteiger charge is 2.48. The predicted octanol–water partition coefficient (Wildman–Crippen LogP) is 1.54. The van der Waals surface area contributed by atoms with Crippen molar-refractivity contribution in [2.75, 3.05) is 5.32 Å². The molecule has 1 fully saturated rings. The monoisotopic (exact) mass is 347 g/mol. The lowest BCUT2D eigenvalue weighted by Gasteiger charge is -2.13. The SMILES string of the molecule is Cc1cc(NC(=O)c2ccc3c(c2)S(=O)(=O)N(C2CC2)C3=O)no1. The molecule has 1 N–H and O–H groups in total. The first-order valence-corrected chi connectivity index (χ1v) is 8.79.